The summed E-state index contributed by atoms with van der Waals surface area (Å²) in [5.74, 6) is -3.14. The summed E-state index contributed by atoms with van der Waals surface area (Å²) in [5.41, 5.74) is 1.87. The molecule has 2 N–H and O–H groups in total. The Kier molecular flexibility index (Phi) is 8.18. The number of esters is 1. The van der Waals surface area contributed by atoms with E-state index in [1.165, 1.54) is 33.7 Å². The molecule has 224 valence electrons. The zero-order valence-corrected chi connectivity index (χ0v) is 26.3. The van der Waals surface area contributed by atoms with Gasteiger partial charge in [0.1, 0.15) is 17.5 Å². The number of fused-ring (bicyclic) bond motifs is 2. The molecule has 0 spiro atoms. The predicted octanol–water partition coefficient (Wildman–Crippen LogP) is 4.99. The van der Waals surface area contributed by atoms with Crippen LogP contribution in [-0.4, -0.2) is 45.2 Å². The maximum atomic E-state index is 13.9. The Labute approximate surface area is 267 Å². The number of carbonyl (C=O) groups is 4. The van der Waals surface area contributed by atoms with Gasteiger partial charge in [0, 0.05) is 21.0 Å². The van der Waals surface area contributed by atoms with Crippen molar-refractivity contribution in [1.29, 1.82) is 0 Å². The van der Waals surface area contributed by atoms with Gasteiger partial charge in [-0.25, -0.2) is 9.69 Å². The number of aromatic hydroxyl groups is 1. The van der Waals surface area contributed by atoms with Crippen LogP contribution in [0.1, 0.15) is 33.6 Å². The third kappa shape index (κ3) is 5.46. The van der Waals surface area contributed by atoms with Crippen LogP contribution >= 0.6 is 39.0 Å². The van der Waals surface area contributed by atoms with Gasteiger partial charge in [-0.3, -0.25) is 23.7 Å². The summed E-state index contributed by atoms with van der Waals surface area (Å²) in [6.45, 7) is 1.63. The van der Waals surface area contributed by atoms with E-state index < -0.39 is 39.7 Å². The summed E-state index contributed by atoms with van der Waals surface area (Å²) in [7, 11) is 0. The topological polar surface area (TPSA) is 135 Å². The van der Waals surface area contributed by atoms with Crippen molar-refractivity contribution in [3.63, 3.8) is 0 Å². The van der Waals surface area contributed by atoms with E-state index in [0.29, 0.717) is 32.4 Å². The lowest BCUT2D eigenvalue weighted by Gasteiger charge is -2.30. The molecule has 1 saturated heterocycles. The number of benzene rings is 3. The van der Waals surface area contributed by atoms with Gasteiger partial charge in [0.2, 0.25) is 17.7 Å². The minimum atomic E-state index is -0.837. The Bertz CT molecular complexity index is 1840. The molecule has 3 heterocycles. The monoisotopic (exact) mass is 693 g/mol. The normalized spacial score (nSPS) is 19.0. The van der Waals surface area contributed by atoms with E-state index in [0.717, 1.165) is 27.6 Å². The van der Waals surface area contributed by atoms with Gasteiger partial charge in [-0.1, -0.05) is 51.2 Å². The minimum Gasteiger partial charge on any atom is -0.508 e. The predicted molar refractivity (Wildman–Crippen MR) is 169 cm³/mol. The molecule has 1 aromatic heterocycles. The number of thioether (sulfide) groups is 1. The highest BCUT2D eigenvalue weighted by Crippen LogP contribution is 2.54. The molecule has 13 heteroatoms. The summed E-state index contributed by atoms with van der Waals surface area (Å²) in [6.07, 6.45) is 0. The number of aromatic nitrogens is 1. The molecule has 3 aromatic carbocycles. The van der Waals surface area contributed by atoms with Crippen LogP contribution in [0.5, 0.6) is 5.75 Å². The zero-order valence-electron chi connectivity index (χ0n) is 23.1. The van der Waals surface area contributed by atoms with Crippen molar-refractivity contribution in [2.45, 2.75) is 29.7 Å². The Morgan fingerprint density at radius 2 is 1.64 bits per heavy atom. The van der Waals surface area contributed by atoms with Crippen molar-refractivity contribution in [1.82, 2.24) is 4.57 Å². The van der Waals surface area contributed by atoms with Crippen LogP contribution in [0.4, 0.5) is 11.4 Å². The Morgan fingerprint density at radius 1 is 0.955 bits per heavy atom. The van der Waals surface area contributed by atoms with E-state index in [2.05, 4.69) is 21.2 Å². The number of amides is 3. The second kappa shape index (κ2) is 12.1. The quantitative estimate of drug-likeness (QED) is 0.204. The van der Waals surface area contributed by atoms with Gasteiger partial charge in [0.05, 0.1) is 28.8 Å². The van der Waals surface area contributed by atoms with Gasteiger partial charge in [-0.05, 0) is 73.2 Å². The summed E-state index contributed by atoms with van der Waals surface area (Å²) in [5, 5.41) is 12.3. The first-order chi connectivity index (χ1) is 21.2. The molecule has 2 unspecified atom stereocenters. The molecule has 0 bridgehead atoms. The van der Waals surface area contributed by atoms with Crippen LogP contribution in [0.15, 0.2) is 87.1 Å². The standard InChI is InChI=1S/C31H24BrN3O7S2/c1-2-42-30(40)17-3-9-19(10-4-17)33-22(37)15-34-29-26(44-31(34)41)23(16-5-13-21(36)14-6-16)24-25(43-29)28(39)35(27(24)38)20-11-7-18(32)8-12-20/h3-14,23-25,36H,2,15H2,1H3,(H,33,37)/t23-,24?,25?/m0/s1. The molecule has 3 amide bonds. The Hall–Kier alpha value is -4.20. The summed E-state index contributed by atoms with van der Waals surface area (Å²) >= 11 is 5.44. The number of nitrogens with zero attached hydrogens (tertiary/aromatic N) is 2. The Morgan fingerprint density at radius 3 is 2.30 bits per heavy atom. The molecule has 6 rings (SSSR count). The van der Waals surface area contributed by atoms with Crippen LogP contribution in [0.2, 0.25) is 0 Å². The van der Waals surface area contributed by atoms with Crippen molar-refractivity contribution in [3.05, 3.63) is 103 Å². The highest BCUT2D eigenvalue weighted by Gasteiger charge is 2.56. The summed E-state index contributed by atoms with van der Waals surface area (Å²) < 4.78 is 7.11. The molecule has 0 saturated carbocycles. The summed E-state index contributed by atoms with van der Waals surface area (Å²) in [6, 6.07) is 19.4. The maximum Gasteiger partial charge on any atom is 0.338 e. The fourth-order valence-corrected chi connectivity index (χ4v) is 8.43. The fraction of sp³-hybridized carbons (Fsp3) is 0.194. The molecule has 4 aromatic rings. The lowest BCUT2D eigenvalue weighted by molar-refractivity contribution is -0.122. The van der Waals surface area contributed by atoms with Crippen molar-refractivity contribution in [3.8, 4) is 5.75 Å². The largest absolute Gasteiger partial charge is 0.508 e. The number of ether oxygens (including phenoxy) is 1. The van der Waals surface area contributed by atoms with Crippen LogP contribution in [0.25, 0.3) is 0 Å². The van der Waals surface area contributed by atoms with Crippen molar-refractivity contribution in [2.24, 2.45) is 5.92 Å². The number of anilines is 2. The molecule has 10 nitrogen and oxygen atoms in total. The molecule has 0 aliphatic carbocycles. The molecular weight excluding hydrogens is 670 g/mol. The number of phenols is 1. The lowest BCUT2D eigenvalue weighted by Crippen LogP contribution is -2.33. The molecule has 1 fully saturated rings. The van der Waals surface area contributed by atoms with E-state index in [4.69, 9.17) is 4.74 Å². The smallest absolute Gasteiger partial charge is 0.338 e. The maximum absolute atomic E-state index is 13.9. The first kappa shape index (κ1) is 29.9. The van der Waals surface area contributed by atoms with Gasteiger partial charge < -0.3 is 15.2 Å². The van der Waals surface area contributed by atoms with E-state index in [-0.39, 0.29) is 24.8 Å². The van der Waals surface area contributed by atoms with E-state index in [1.54, 1.807) is 55.5 Å². The van der Waals surface area contributed by atoms with Gasteiger partial charge >= 0.3 is 10.8 Å². The number of phenolic OH excluding ortho intramolecular Hbond substituents is 1. The van der Waals surface area contributed by atoms with E-state index in [1.807, 2.05) is 0 Å². The number of thiazole rings is 1. The molecular formula is C31H24BrN3O7S2. The fourth-order valence-electron chi connectivity index (χ4n) is 5.39. The highest BCUT2D eigenvalue weighted by atomic mass is 79.9. The van der Waals surface area contributed by atoms with Crippen LogP contribution in [0, 0.1) is 5.92 Å². The van der Waals surface area contributed by atoms with E-state index in [9.17, 15) is 29.1 Å². The SMILES string of the molecule is CCOC(=O)c1ccc(NC(=O)Cn2c3c(sc2=O)[C@@H](c2ccc(O)cc2)C2C(=O)N(c4ccc(Br)cc4)C(=O)C2S3)cc1. The van der Waals surface area contributed by atoms with Gasteiger partial charge in [-0.2, -0.15) is 0 Å². The summed E-state index contributed by atoms with van der Waals surface area (Å²) in [4.78, 5) is 67.5. The van der Waals surface area contributed by atoms with Crippen molar-refractivity contribution in [2.75, 3.05) is 16.8 Å². The number of imide groups is 1. The van der Waals surface area contributed by atoms with Crippen LogP contribution in [0.3, 0.4) is 0 Å². The molecule has 3 atom stereocenters. The number of rotatable bonds is 7. The van der Waals surface area contributed by atoms with Gasteiger partial charge in [0.15, 0.2) is 0 Å². The molecule has 2 aliphatic rings. The number of carbonyl (C=O) groups excluding carboxylic acids is 4. The average molecular weight is 695 g/mol. The van der Waals surface area contributed by atoms with Crippen LogP contribution < -0.4 is 15.1 Å². The van der Waals surface area contributed by atoms with Crippen molar-refractivity contribution < 1.29 is 29.0 Å². The Balaban J connectivity index is 1.33. The first-order valence-electron chi connectivity index (χ1n) is 13.6. The molecule has 44 heavy (non-hydrogen) atoms. The molecule has 0 radical (unpaired) electrons. The molecule has 2 aliphatic heterocycles. The minimum absolute atomic E-state index is 0.0405. The number of hydrogen-bond donors (Lipinski definition) is 2. The average Bonchev–Trinajstić information content (AvgIpc) is 3.45. The van der Waals surface area contributed by atoms with E-state index >= 15 is 0 Å². The van der Waals surface area contributed by atoms with Gasteiger partial charge in [0.25, 0.3) is 0 Å². The highest BCUT2D eigenvalue weighted by molar-refractivity contribution is 9.10. The number of halogens is 1. The third-order valence-corrected chi connectivity index (χ3v) is 10.5. The second-order valence-corrected chi connectivity index (χ2v) is 13.1. The third-order valence-electron chi connectivity index (χ3n) is 7.37. The zero-order chi connectivity index (χ0) is 31.1. The number of nitrogens with one attached hydrogen (secondary N) is 1. The lowest BCUT2D eigenvalue weighted by atomic mass is 9.83. The number of hydrogen-bond acceptors (Lipinski definition) is 9. The van der Waals surface area contributed by atoms with Crippen LogP contribution in [-0.2, 0) is 25.7 Å². The van der Waals surface area contributed by atoms with Crippen molar-refractivity contribution >= 4 is 74.1 Å². The van der Waals surface area contributed by atoms with Gasteiger partial charge in [-0.15, -0.1) is 0 Å². The first-order valence-corrected chi connectivity index (χ1v) is 16.0. The second-order valence-electron chi connectivity index (χ2n) is 10.1.